The van der Waals surface area contributed by atoms with E-state index < -0.39 is 11.9 Å². The number of benzene rings is 3. The number of anilines is 2. The Morgan fingerprint density at radius 1 is 1.11 bits per heavy atom. The maximum absolute atomic E-state index is 12.9. The Morgan fingerprint density at radius 2 is 1.86 bits per heavy atom. The van der Waals surface area contributed by atoms with Crippen LogP contribution in [0.5, 0.6) is 11.5 Å². The predicted octanol–water partition coefficient (Wildman–Crippen LogP) is 5.53. The number of nitrogens with zero attached hydrogens (tertiary/aromatic N) is 1. The molecule has 0 bridgehead atoms. The van der Waals surface area contributed by atoms with Crippen molar-refractivity contribution in [2.75, 3.05) is 23.9 Å². The summed E-state index contributed by atoms with van der Waals surface area (Å²) in [5.41, 5.74) is 2.75. The van der Waals surface area contributed by atoms with Crippen LogP contribution in [0.15, 0.2) is 70.8 Å². The highest BCUT2D eigenvalue weighted by Gasteiger charge is 2.35. The van der Waals surface area contributed by atoms with Gasteiger partial charge in [-0.25, -0.2) is 9.69 Å². The van der Waals surface area contributed by atoms with Crippen LogP contribution >= 0.6 is 27.5 Å². The molecule has 0 spiro atoms. The Kier molecular flexibility index (Phi) is 7.61. The number of methoxy groups -OCH3 is 1. The van der Waals surface area contributed by atoms with Gasteiger partial charge in [-0.3, -0.25) is 9.59 Å². The average Bonchev–Trinajstić information content (AvgIpc) is 3.13. The Labute approximate surface area is 221 Å². The average molecular weight is 571 g/mol. The van der Waals surface area contributed by atoms with E-state index in [0.717, 1.165) is 10.5 Å². The summed E-state index contributed by atoms with van der Waals surface area (Å²) in [4.78, 5) is 38.7. The van der Waals surface area contributed by atoms with Crippen molar-refractivity contribution < 1.29 is 23.9 Å². The van der Waals surface area contributed by atoms with E-state index in [1.54, 1.807) is 30.3 Å². The van der Waals surface area contributed by atoms with Gasteiger partial charge in [0, 0.05) is 15.2 Å². The van der Waals surface area contributed by atoms with Crippen LogP contribution in [-0.4, -0.2) is 31.6 Å². The third kappa shape index (κ3) is 5.69. The van der Waals surface area contributed by atoms with Gasteiger partial charge < -0.3 is 20.1 Å². The minimum Gasteiger partial charge on any atom is -0.493 e. The van der Waals surface area contributed by atoms with Gasteiger partial charge >= 0.3 is 6.03 Å². The lowest BCUT2D eigenvalue weighted by molar-refractivity contribution is -0.118. The molecule has 1 saturated heterocycles. The zero-order valence-electron chi connectivity index (χ0n) is 19.3. The number of rotatable bonds is 7. The van der Waals surface area contributed by atoms with Gasteiger partial charge in [-0.15, -0.1) is 0 Å². The molecule has 2 N–H and O–H groups in total. The van der Waals surface area contributed by atoms with Crippen molar-refractivity contribution in [3.8, 4) is 11.5 Å². The number of aryl methyl sites for hydroxylation is 1. The van der Waals surface area contributed by atoms with Gasteiger partial charge in [0.15, 0.2) is 18.1 Å². The molecule has 3 aromatic rings. The maximum atomic E-state index is 12.9. The van der Waals surface area contributed by atoms with Gasteiger partial charge in [-0.1, -0.05) is 51.3 Å². The molecule has 0 aromatic heterocycles. The van der Waals surface area contributed by atoms with E-state index in [1.807, 2.05) is 31.2 Å². The van der Waals surface area contributed by atoms with Crippen LogP contribution in [-0.2, 0) is 9.59 Å². The zero-order valence-corrected chi connectivity index (χ0v) is 21.6. The lowest BCUT2D eigenvalue weighted by Crippen LogP contribution is -2.30. The third-order valence-corrected chi connectivity index (χ3v) is 6.14. The molecule has 4 rings (SSSR count). The van der Waals surface area contributed by atoms with Gasteiger partial charge in [-0.2, -0.15) is 0 Å². The molecule has 3 aromatic carbocycles. The van der Waals surface area contributed by atoms with Crippen LogP contribution in [0.2, 0.25) is 5.02 Å². The topological polar surface area (TPSA) is 97.0 Å². The number of halogens is 2. The standard InChI is InChI=1S/C26H21BrClN3O5/c1-15-6-8-18(9-7-15)29-24(32)14-36-23-13-20(27)16(11-22(23)35-2)10-21-25(33)31(26(34)30-21)19-5-3-4-17(28)12-19/h3-13H,14H2,1-2H3,(H,29,32)(H,30,34)/b21-10+. The molecule has 1 heterocycles. The van der Waals surface area contributed by atoms with Crippen molar-refractivity contribution in [1.82, 2.24) is 5.32 Å². The van der Waals surface area contributed by atoms with E-state index in [-0.39, 0.29) is 18.2 Å². The zero-order chi connectivity index (χ0) is 25.8. The summed E-state index contributed by atoms with van der Waals surface area (Å²) >= 11 is 9.46. The third-order valence-electron chi connectivity index (χ3n) is 5.22. The first kappa shape index (κ1) is 25.3. The Hall–Kier alpha value is -3.82. The molecule has 0 unspecified atom stereocenters. The van der Waals surface area contributed by atoms with Crippen molar-refractivity contribution in [1.29, 1.82) is 0 Å². The number of carbonyl (C=O) groups excluding carboxylic acids is 3. The summed E-state index contributed by atoms with van der Waals surface area (Å²) in [7, 11) is 1.46. The van der Waals surface area contributed by atoms with E-state index in [0.29, 0.717) is 37.9 Å². The fourth-order valence-electron chi connectivity index (χ4n) is 3.45. The summed E-state index contributed by atoms with van der Waals surface area (Å²) in [5.74, 6) is -0.186. The molecule has 10 heteroatoms. The van der Waals surface area contributed by atoms with E-state index >= 15 is 0 Å². The van der Waals surface area contributed by atoms with Crippen LogP contribution in [0.25, 0.3) is 6.08 Å². The van der Waals surface area contributed by atoms with E-state index in [9.17, 15) is 14.4 Å². The Balaban J connectivity index is 1.50. The molecule has 184 valence electrons. The number of hydrogen-bond donors (Lipinski definition) is 2. The fourth-order valence-corrected chi connectivity index (χ4v) is 4.07. The molecule has 1 aliphatic rings. The van der Waals surface area contributed by atoms with Crippen molar-refractivity contribution in [3.63, 3.8) is 0 Å². The SMILES string of the molecule is COc1cc(/C=C2/NC(=O)N(c3cccc(Cl)c3)C2=O)c(Br)cc1OCC(=O)Nc1ccc(C)cc1. The summed E-state index contributed by atoms with van der Waals surface area (Å²) in [5, 5.41) is 5.74. The molecule has 1 aliphatic heterocycles. The number of hydrogen-bond acceptors (Lipinski definition) is 5. The summed E-state index contributed by atoms with van der Waals surface area (Å²) in [6.07, 6.45) is 1.52. The fraction of sp³-hybridized carbons (Fsp3) is 0.115. The van der Waals surface area contributed by atoms with E-state index in [1.165, 1.54) is 19.3 Å². The highest BCUT2D eigenvalue weighted by atomic mass is 79.9. The largest absolute Gasteiger partial charge is 0.493 e. The highest BCUT2D eigenvalue weighted by molar-refractivity contribution is 9.10. The highest BCUT2D eigenvalue weighted by Crippen LogP contribution is 2.35. The van der Waals surface area contributed by atoms with Gasteiger partial charge in [0.25, 0.3) is 11.8 Å². The van der Waals surface area contributed by atoms with Gasteiger partial charge in [0.1, 0.15) is 5.70 Å². The quantitative estimate of drug-likeness (QED) is 0.287. The molecule has 36 heavy (non-hydrogen) atoms. The summed E-state index contributed by atoms with van der Waals surface area (Å²) < 4.78 is 11.7. The minimum absolute atomic E-state index is 0.0777. The number of ether oxygens (including phenoxy) is 2. The Bertz CT molecular complexity index is 1370. The van der Waals surface area contributed by atoms with Crippen molar-refractivity contribution in [2.24, 2.45) is 0 Å². The molecule has 4 amide bonds. The number of imide groups is 1. The first-order valence-electron chi connectivity index (χ1n) is 10.7. The monoisotopic (exact) mass is 569 g/mol. The molecule has 0 aliphatic carbocycles. The van der Waals surface area contributed by atoms with Crippen LogP contribution in [0.3, 0.4) is 0 Å². The Morgan fingerprint density at radius 3 is 2.56 bits per heavy atom. The van der Waals surface area contributed by atoms with Crippen molar-refractivity contribution in [3.05, 3.63) is 87.0 Å². The first-order chi connectivity index (χ1) is 17.2. The molecule has 0 atom stereocenters. The predicted molar refractivity (Wildman–Crippen MR) is 141 cm³/mol. The second kappa shape index (κ2) is 10.8. The second-order valence-corrected chi connectivity index (χ2v) is 9.13. The lowest BCUT2D eigenvalue weighted by atomic mass is 10.1. The van der Waals surface area contributed by atoms with E-state index in [2.05, 4.69) is 26.6 Å². The maximum Gasteiger partial charge on any atom is 0.333 e. The molecule has 0 saturated carbocycles. The van der Waals surface area contributed by atoms with Crippen LogP contribution in [0.1, 0.15) is 11.1 Å². The molecule has 0 radical (unpaired) electrons. The van der Waals surface area contributed by atoms with Gasteiger partial charge in [0.05, 0.1) is 12.8 Å². The first-order valence-corrected chi connectivity index (χ1v) is 11.9. The minimum atomic E-state index is -0.587. The molecular formula is C26H21BrClN3O5. The van der Waals surface area contributed by atoms with Gasteiger partial charge in [0.2, 0.25) is 0 Å². The number of amides is 4. The number of carbonyl (C=O) groups is 3. The molecule has 1 fully saturated rings. The number of nitrogens with one attached hydrogen (secondary N) is 2. The number of urea groups is 1. The molecule has 8 nitrogen and oxygen atoms in total. The smallest absolute Gasteiger partial charge is 0.333 e. The lowest BCUT2D eigenvalue weighted by Gasteiger charge is -2.13. The normalized spacial score (nSPS) is 14.1. The molecular weight excluding hydrogens is 550 g/mol. The van der Waals surface area contributed by atoms with Crippen LogP contribution in [0.4, 0.5) is 16.2 Å². The van der Waals surface area contributed by atoms with E-state index in [4.69, 9.17) is 21.1 Å². The summed E-state index contributed by atoms with van der Waals surface area (Å²) in [6.45, 7) is 1.73. The van der Waals surface area contributed by atoms with Crippen LogP contribution in [0, 0.1) is 6.92 Å². The van der Waals surface area contributed by atoms with Gasteiger partial charge in [-0.05, 0) is 61.0 Å². The summed E-state index contributed by atoms with van der Waals surface area (Å²) in [6, 6.07) is 16.5. The van der Waals surface area contributed by atoms with Crippen molar-refractivity contribution in [2.45, 2.75) is 6.92 Å². The van der Waals surface area contributed by atoms with Crippen molar-refractivity contribution >= 4 is 62.8 Å². The second-order valence-electron chi connectivity index (χ2n) is 7.84. The van der Waals surface area contributed by atoms with Crippen LogP contribution < -0.4 is 25.0 Å².